The van der Waals surface area contributed by atoms with E-state index in [-0.39, 0.29) is 11.4 Å². The van der Waals surface area contributed by atoms with Gasteiger partial charge in [0, 0.05) is 32.7 Å². The first-order chi connectivity index (χ1) is 9.46. The SMILES string of the molecule is Cc1ccc(NS(=O)(=O)CCN2CCNCC2)cc1F. The summed E-state index contributed by atoms with van der Waals surface area (Å²) in [5.41, 5.74) is 0.766. The summed E-state index contributed by atoms with van der Waals surface area (Å²) in [6.07, 6.45) is 0. The van der Waals surface area contributed by atoms with Gasteiger partial charge >= 0.3 is 0 Å². The third-order valence-corrected chi connectivity index (χ3v) is 4.60. The molecule has 0 amide bonds. The molecule has 0 spiro atoms. The number of sulfonamides is 1. The van der Waals surface area contributed by atoms with Crippen LogP contribution in [0, 0.1) is 12.7 Å². The highest BCUT2D eigenvalue weighted by Gasteiger charge is 2.15. The number of hydrogen-bond acceptors (Lipinski definition) is 4. The van der Waals surface area contributed by atoms with Crippen molar-refractivity contribution in [3.63, 3.8) is 0 Å². The fourth-order valence-electron chi connectivity index (χ4n) is 2.07. The van der Waals surface area contributed by atoms with E-state index in [2.05, 4.69) is 14.9 Å². The minimum atomic E-state index is -3.44. The van der Waals surface area contributed by atoms with E-state index in [9.17, 15) is 12.8 Å². The average Bonchev–Trinajstić information content (AvgIpc) is 2.42. The molecule has 1 aliphatic heterocycles. The van der Waals surface area contributed by atoms with E-state index in [4.69, 9.17) is 0 Å². The van der Waals surface area contributed by atoms with Crippen LogP contribution in [0.25, 0.3) is 0 Å². The van der Waals surface area contributed by atoms with Gasteiger partial charge in [-0.1, -0.05) is 6.07 Å². The van der Waals surface area contributed by atoms with Crippen molar-refractivity contribution in [2.75, 3.05) is 43.2 Å². The van der Waals surface area contributed by atoms with Crippen LogP contribution in [0.1, 0.15) is 5.56 Å². The second-order valence-electron chi connectivity index (χ2n) is 4.98. The van der Waals surface area contributed by atoms with Crippen LogP contribution in [-0.2, 0) is 10.0 Å². The molecule has 0 radical (unpaired) electrons. The van der Waals surface area contributed by atoms with Crippen LogP contribution < -0.4 is 10.0 Å². The smallest absolute Gasteiger partial charge is 0.233 e. The predicted molar refractivity (Wildman–Crippen MR) is 77.9 cm³/mol. The molecule has 0 aliphatic carbocycles. The molecule has 1 aliphatic rings. The van der Waals surface area contributed by atoms with Crippen molar-refractivity contribution in [1.29, 1.82) is 0 Å². The van der Waals surface area contributed by atoms with E-state index >= 15 is 0 Å². The Morgan fingerprint density at radius 2 is 2.05 bits per heavy atom. The standard InChI is InChI=1S/C13H20FN3O2S/c1-11-2-3-12(10-13(11)14)16-20(18,19)9-8-17-6-4-15-5-7-17/h2-3,10,15-16H,4-9H2,1H3. The van der Waals surface area contributed by atoms with Crippen LogP contribution in [0.15, 0.2) is 18.2 Å². The first kappa shape index (κ1) is 15.2. The Morgan fingerprint density at radius 3 is 2.70 bits per heavy atom. The molecule has 2 N–H and O–H groups in total. The van der Waals surface area contributed by atoms with Crippen molar-refractivity contribution in [2.24, 2.45) is 0 Å². The predicted octanol–water partition coefficient (Wildman–Crippen LogP) is 0.781. The third-order valence-electron chi connectivity index (χ3n) is 3.33. The van der Waals surface area contributed by atoms with Gasteiger partial charge in [-0.25, -0.2) is 12.8 Å². The highest BCUT2D eigenvalue weighted by molar-refractivity contribution is 7.92. The van der Waals surface area contributed by atoms with Gasteiger partial charge in [-0.05, 0) is 24.6 Å². The second kappa shape index (κ2) is 6.51. The average molecular weight is 301 g/mol. The van der Waals surface area contributed by atoms with Crippen molar-refractivity contribution in [3.8, 4) is 0 Å². The maximum atomic E-state index is 13.4. The lowest BCUT2D eigenvalue weighted by atomic mass is 10.2. The number of anilines is 1. The number of piperazine rings is 1. The summed E-state index contributed by atoms with van der Waals surface area (Å²) < 4.78 is 39.7. The number of hydrogen-bond donors (Lipinski definition) is 2. The number of benzene rings is 1. The minimum Gasteiger partial charge on any atom is -0.314 e. The van der Waals surface area contributed by atoms with Gasteiger partial charge in [0.2, 0.25) is 10.0 Å². The summed E-state index contributed by atoms with van der Waals surface area (Å²) in [5, 5.41) is 3.21. The van der Waals surface area contributed by atoms with Crippen LogP contribution in [0.2, 0.25) is 0 Å². The Labute approximate surface area is 119 Å². The minimum absolute atomic E-state index is 0.0164. The van der Waals surface area contributed by atoms with Crippen molar-refractivity contribution in [2.45, 2.75) is 6.92 Å². The summed E-state index contributed by atoms with van der Waals surface area (Å²) in [7, 11) is -3.44. The molecule has 1 aromatic rings. The lowest BCUT2D eigenvalue weighted by molar-refractivity contribution is 0.254. The highest BCUT2D eigenvalue weighted by Crippen LogP contribution is 2.15. The maximum absolute atomic E-state index is 13.4. The summed E-state index contributed by atoms with van der Waals surface area (Å²) in [4.78, 5) is 2.10. The fourth-order valence-corrected chi connectivity index (χ4v) is 3.16. The highest BCUT2D eigenvalue weighted by atomic mass is 32.2. The van der Waals surface area contributed by atoms with Crippen molar-refractivity contribution < 1.29 is 12.8 Å². The van der Waals surface area contributed by atoms with E-state index in [0.717, 1.165) is 26.2 Å². The zero-order chi connectivity index (χ0) is 14.6. The molecule has 1 aromatic carbocycles. The largest absolute Gasteiger partial charge is 0.314 e. The monoisotopic (exact) mass is 301 g/mol. The number of aryl methyl sites for hydroxylation is 1. The van der Waals surface area contributed by atoms with Crippen molar-refractivity contribution in [3.05, 3.63) is 29.6 Å². The van der Waals surface area contributed by atoms with Gasteiger partial charge in [-0.3, -0.25) is 9.62 Å². The number of rotatable bonds is 5. The molecular weight excluding hydrogens is 281 g/mol. The molecule has 1 fully saturated rings. The number of nitrogens with one attached hydrogen (secondary N) is 2. The molecule has 1 heterocycles. The first-order valence-electron chi connectivity index (χ1n) is 6.66. The zero-order valence-corrected chi connectivity index (χ0v) is 12.3. The van der Waals surface area contributed by atoms with Crippen molar-refractivity contribution in [1.82, 2.24) is 10.2 Å². The van der Waals surface area contributed by atoms with Crippen molar-refractivity contribution >= 4 is 15.7 Å². The molecule has 5 nitrogen and oxygen atoms in total. The molecular formula is C13H20FN3O2S. The van der Waals surface area contributed by atoms with Gasteiger partial charge < -0.3 is 5.32 Å². The second-order valence-corrected chi connectivity index (χ2v) is 6.82. The van der Waals surface area contributed by atoms with Crippen LogP contribution >= 0.6 is 0 Å². The van der Waals surface area contributed by atoms with Gasteiger partial charge in [0.1, 0.15) is 5.82 Å². The Bertz CT molecular complexity index is 557. The molecule has 112 valence electrons. The Balaban J connectivity index is 1.91. The summed E-state index contributed by atoms with van der Waals surface area (Å²) in [6.45, 7) is 5.61. The van der Waals surface area contributed by atoms with Crippen LogP contribution in [0.3, 0.4) is 0 Å². The van der Waals surface area contributed by atoms with E-state index in [1.54, 1.807) is 19.1 Å². The molecule has 7 heteroatoms. The molecule has 0 atom stereocenters. The zero-order valence-electron chi connectivity index (χ0n) is 11.5. The maximum Gasteiger partial charge on any atom is 0.233 e. The molecule has 0 unspecified atom stereocenters. The van der Waals surface area contributed by atoms with E-state index < -0.39 is 15.8 Å². The molecule has 0 saturated carbocycles. The lowest BCUT2D eigenvalue weighted by Gasteiger charge is -2.26. The molecule has 20 heavy (non-hydrogen) atoms. The lowest BCUT2D eigenvalue weighted by Crippen LogP contribution is -2.45. The summed E-state index contributed by atoms with van der Waals surface area (Å²) >= 11 is 0. The molecule has 1 saturated heterocycles. The van der Waals surface area contributed by atoms with Gasteiger partial charge in [0.05, 0.1) is 11.4 Å². The molecule has 2 rings (SSSR count). The molecule has 0 aromatic heterocycles. The quantitative estimate of drug-likeness (QED) is 0.844. The fraction of sp³-hybridized carbons (Fsp3) is 0.538. The number of nitrogens with zero attached hydrogens (tertiary/aromatic N) is 1. The van der Waals surface area contributed by atoms with Gasteiger partial charge in [-0.2, -0.15) is 0 Å². The Kier molecular flexibility index (Phi) is 4.95. The Morgan fingerprint density at radius 1 is 1.35 bits per heavy atom. The van der Waals surface area contributed by atoms with Crippen LogP contribution in [-0.4, -0.2) is 51.8 Å². The number of halogens is 1. The van der Waals surface area contributed by atoms with Crippen LogP contribution in [0.4, 0.5) is 10.1 Å². The topological polar surface area (TPSA) is 61.4 Å². The summed E-state index contributed by atoms with van der Waals surface area (Å²) in [6, 6.07) is 4.34. The van der Waals surface area contributed by atoms with E-state index in [1.165, 1.54) is 6.07 Å². The van der Waals surface area contributed by atoms with Crippen LogP contribution in [0.5, 0.6) is 0 Å². The van der Waals surface area contributed by atoms with E-state index in [1.807, 2.05) is 0 Å². The molecule has 0 bridgehead atoms. The van der Waals surface area contributed by atoms with Gasteiger partial charge in [-0.15, -0.1) is 0 Å². The first-order valence-corrected chi connectivity index (χ1v) is 8.31. The van der Waals surface area contributed by atoms with E-state index in [0.29, 0.717) is 12.1 Å². The summed E-state index contributed by atoms with van der Waals surface area (Å²) in [5.74, 6) is -0.394. The van der Waals surface area contributed by atoms with Gasteiger partial charge in [0.25, 0.3) is 0 Å². The van der Waals surface area contributed by atoms with Gasteiger partial charge in [0.15, 0.2) is 0 Å². The third kappa shape index (κ3) is 4.43. The Hall–Kier alpha value is -1.18. The normalized spacial score (nSPS) is 17.1.